The van der Waals surface area contributed by atoms with Crippen LogP contribution in [0.2, 0.25) is 0 Å². The Kier molecular flexibility index (Phi) is 3.01. The molecular formula is C12H11NO2S. The van der Waals surface area contributed by atoms with Gasteiger partial charge in [0.15, 0.2) is 5.69 Å². The van der Waals surface area contributed by atoms with Gasteiger partial charge in [0.1, 0.15) is 0 Å². The molecule has 4 heteroatoms. The highest BCUT2D eigenvalue weighted by Gasteiger charge is 2.17. The molecule has 0 bridgehead atoms. The number of benzene rings is 1. The van der Waals surface area contributed by atoms with Crippen molar-refractivity contribution in [2.24, 2.45) is 0 Å². The molecule has 16 heavy (non-hydrogen) atoms. The normalized spacial score (nSPS) is 10.1. The van der Waals surface area contributed by atoms with Gasteiger partial charge in [-0.2, -0.15) is 4.37 Å². The molecule has 0 spiro atoms. The van der Waals surface area contributed by atoms with Crippen molar-refractivity contribution in [3.63, 3.8) is 0 Å². The summed E-state index contributed by atoms with van der Waals surface area (Å²) in [5.74, 6) is -0.379. The molecule has 1 aromatic carbocycles. The SMILES string of the molecule is COC(=O)c1nsc(-c2ccccc2)c1C. The van der Waals surface area contributed by atoms with Crippen molar-refractivity contribution in [2.45, 2.75) is 6.92 Å². The Labute approximate surface area is 97.9 Å². The molecule has 0 aliphatic rings. The van der Waals surface area contributed by atoms with E-state index in [1.165, 1.54) is 18.6 Å². The smallest absolute Gasteiger partial charge is 0.358 e. The van der Waals surface area contributed by atoms with E-state index in [9.17, 15) is 4.79 Å². The van der Waals surface area contributed by atoms with E-state index in [1.54, 1.807) is 0 Å². The van der Waals surface area contributed by atoms with E-state index in [0.717, 1.165) is 16.0 Å². The number of ether oxygens (including phenoxy) is 1. The monoisotopic (exact) mass is 233 g/mol. The van der Waals surface area contributed by atoms with Gasteiger partial charge >= 0.3 is 5.97 Å². The fourth-order valence-electron chi connectivity index (χ4n) is 1.48. The highest BCUT2D eigenvalue weighted by atomic mass is 32.1. The van der Waals surface area contributed by atoms with Gasteiger partial charge < -0.3 is 4.74 Å². The van der Waals surface area contributed by atoms with E-state index >= 15 is 0 Å². The van der Waals surface area contributed by atoms with E-state index in [-0.39, 0.29) is 5.97 Å². The molecule has 1 aromatic heterocycles. The average molecular weight is 233 g/mol. The van der Waals surface area contributed by atoms with E-state index in [1.807, 2.05) is 37.3 Å². The molecule has 3 nitrogen and oxygen atoms in total. The standard InChI is InChI=1S/C12H11NO2S/c1-8-10(12(14)15-2)13-16-11(8)9-6-4-3-5-7-9/h3-7H,1-2H3. The summed E-state index contributed by atoms with van der Waals surface area (Å²) < 4.78 is 8.80. The van der Waals surface area contributed by atoms with Crippen molar-refractivity contribution in [3.8, 4) is 10.4 Å². The molecule has 0 unspecified atom stereocenters. The van der Waals surface area contributed by atoms with Crippen LogP contribution >= 0.6 is 11.5 Å². The third-order valence-electron chi connectivity index (χ3n) is 2.34. The number of rotatable bonds is 2. The van der Waals surface area contributed by atoms with Crippen LogP contribution in [0.5, 0.6) is 0 Å². The minimum atomic E-state index is -0.379. The summed E-state index contributed by atoms with van der Waals surface area (Å²) in [6.45, 7) is 1.89. The lowest BCUT2D eigenvalue weighted by Crippen LogP contribution is -2.03. The molecular weight excluding hydrogens is 222 g/mol. The van der Waals surface area contributed by atoms with Crippen molar-refractivity contribution < 1.29 is 9.53 Å². The fraction of sp³-hybridized carbons (Fsp3) is 0.167. The summed E-state index contributed by atoms with van der Waals surface area (Å²) >= 11 is 1.32. The van der Waals surface area contributed by atoms with Crippen LogP contribution in [0, 0.1) is 6.92 Å². The first-order valence-corrected chi connectivity index (χ1v) is 5.61. The lowest BCUT2D eigenvalue weighted by atomic mass is 10.1. The van der Waals surface area contributed by atoms with Crippen LogP contribution in [0.3, 0.4) is 0 Å². The van der Waals surface area contributed by atoms with Gasteiger partial charge in [-0.3, -0.25) is 0 Å². The molecule has 0 N–H and O–H groups in total. The molecule has 0 amide bonds. The summed E-state index contributed by atoms with van der Waals surface area (Å²) in [4.78, 5) is 12.4. The number of hydrogen-bond acceptors (Lipinski definition) is 4. The lowest BCUT2D eigenvalue weighted by Gasteiger charge is -1.99. The summed E-state index contributed by atoms with van der Waals surface area (Å²) in [7, 11) is 1.36. The fourth-order valence-corrected chi connectivity index (χ4v) is 2.35. The Hall–Kier alpha value is -1.68. The molecule has 0 saturated heterocycles. The van der Waals surface area contributed by atoms with Crippen molar-refractivity contribution in [1.82, 2.24) is 4.37 Å². The largest absolute Gasteiger partial charge is 0.464 e. The highest BCUT2D eigenvalue weighted by Crippen LogP contribution is 2.29. The van der Waals surface area contributed by atoms with Gasteiger partial charge in [-0.15, -0.1) is 0 Å². The second-order valence-corrected chi connectivity index (χ2v) is 4.12. The number of nitrogens with zero attached hydrogens (tertiary/aromatic N) is 1. The minimum absolute atomic E-state index is 0.379. The van der Waals surface area contributed by atoms with Gasteiger partial charge in [-0.25, -0.2) is 4.79 Å². The average Bonchev–Trinajstić information content (AvgIpc) is 2.71. The third-order valence-corrected chi connectivity index (χ3v) is 3.34. The summed E-state index contributed by atoms with van der Waals surface area (Å²) in [6, 6.07) is 9.89. The highest BCUT2D eigenvalue weighted by molar-refractivity contribution is 7.10. The molecule has 2 aromatic rings. The molecule has 2 rings (SSSR count). The van der Waals surface area contributed by atoms with Crippen LogP contribution in [0.15, 0.2) is 30.3 Å². The van der Waals surface area contributed by atoms with E-state index in [2.05, 4.69) is 9.11 Å². The first-order chi connectivity index (χ1) is 7.74. The Morgan fingerprint density at radius 2 is 2.00 bits per heavy atom. The number of hydrogen-bond donors (Lipinski definition) is 0. The van der Waals surface area contributed by atoms with Crippen LogP contribution in [-0.4, -0.2) is 17.5 Å². The number of esters is 1. The molecule has 0 aliphatic heterocycles. The topological polar surface area (TPSA) is 39.2 Å². The number of carbonyl (C=O) groups is 1. The van der Waals surface area contributed by atoms with Gasteiger partial charge in [0.05, 0.1) is 12.0 Å². The van der Waals surface area contributed by atoms with Gasteiger partial charge in [0.25, 0.3) is 0 Å². The van der Waals surface area contributed by atoms with Crippen molar-refractivity contribution in [1.29, 1.82) is 0 Å². The van der Waals surface area contributed by atoms with Gasteiger partial charge in [-0.1, -0.05) is 30.3 Å². The zero-order chi connectivity index (χ0) is 11.5. The van der Waals surface area contributed by atoms with Gasteiger partial charge in [-0.05, 0) is 24.0 Å². The second kappa shape index (κ2) is 4.45. The Morgan fingerprint density at radius 3 is 2.62 bits per heavy atom. The van der Waals surface area contributed by atoms with Gasteiger partial charge in [0.2, 0.25) is 0 Å². The second-order valence-electron chi connectivity index (χ2n) is 3.34. The Bertz CT molecular complexity index is 505. The van der Waals surface area contributed by atoms with E-state index in [0.29, 0.717) is 5.69 Å². The number of aromatic nitrogens is 1. The molecule has 0 atom stereocenters. The van der Waals surface area contributed by atoms with Crippen LogP contribution in [-0.2, 0) is 4.74 Å². The maximum absolute atomic E-state index is 11.4. The van der Waals surface area contributed by atoms with Crippen molar-refractivity contribution in [3.05, 3.63) is 41.6 Å². The van der Waals surface area contributed by atoms with E-state index in [4.69, 9.17) is 0 Å². The van der Waals surface area contributed by atoms with Crippen molar-refractivity contribution >= 4 is 17.5 Å². The summed E-state index contributed by atoms with van der Waals surface area (Å²) in [5, 5.41) is 0. The maximum Gasteiger partial charge on any atom is 0.358 e. The quantitative estimate of drug-likeness (QED) is 0.749. The molecule has 82 valence electrons. The van der Waals surface area contributed by atoms with Crippen LogP contribution < -0.4 is 0 Å². The van der Waals surface area contributed by atoms with Crippen molar-refractivity contribution in [2.75, 3.05) is 7.11 Å². The first kappa shape index (κ1) is 10.8. The zero-order valence-electron chi connectivity index (χ0n) is 9.06. The summed E-state index contributed by atoms with van der Waals surface area (Å²) in [5.41, 5.74) is 2.36. The minimum Gasteiger partial charge on any atom is -0.464 e. The van der Waals surface area contributed by atoms with Crippen LogP contribution in [0.4, 0.5) is 0 Å². The lowest BCUT2D eigenvalue weighted by molar-refractivity contribution is 0.0594. The zero-order valence-corrected chi connectivity index (χ0v) is 9.88. The maximum atomic E-state index is 11.4. The predicted molar refractivity (Wildman–Crippen MR) is 63.6 cm³/mol. The molecule has 0 radical (unpaired) electrons. The van der Waals surface area contributed by atoms with Gasteiger partial charge in [0, 0.05) is 5.56 Å². The Balaban J connectivity index is 2.45. The number of carbonyl (C=O) groups excluding carboxylic acids is 1. The molecule has 0 fully saturated rings. The first-order valence-electron chi connectivity index (χ1n) is 4.84. The third kappa shape index (κ3) is 1.84. The summed E-state index contributed by atoms with van der Waals surface area (Å²) in [6.07, 6.45) is 0. The van der Waals surface area contributed by atoms with E-state index < -0.39 is 0 Å². The van der Waals surface area contributed by atoms with Crippen LogP contribution in [0.25, 0.3) is 10.4 Å². The van der Waals surface area contributed by atoms with Crippen LogP contribution in [0.1, 0.15) is 16.1 Å². The molecule has 0 aliphatic carbocycles. The molecule has 1 heterocycles. The molecule has 0 saturated carbocycles. The number of methoxy groups -OCH3 is 1. The Morgan fingerprint density at radius 1 is 1.31 bits per heavy atom. The predicted octanol–water partition coefficient (Wildman–Crippen LogP) is 2.91.